The molecule has 1 heterocycles. The van der Waals surface area contributed by atoms with Crippen LogP contribution in [0.1, 0.15) is 42.5 Å². The van der Waals surface area contributed by atoms with Crippen LogP contribution in [0.4, 0.5) is 0 Å². The Morgan fingerprint density at radius 1 is 1.07 bits per heavy atom. The Hall–Kier alpha value is -1.70. The first-order valence-corrected chi connectivity index (χ1v) is 11.2. The molecule has 1 aliphatic carbocycles. The van der Waals surface area contributed by atoms with Gasteiger partial charge in [-0.3, -0.25) is 0 Å². The quantitative estimate of drug-likeness (QED) is 0.406. The van der Waals surface area contributed by atoms with Crippen LogP contribution < -0.4 is 0 Å². The summed E-state index contributed by atoms with van der Waals surface area (Å²) in [6.07, 6.45) is 1.96. The normalized spacial score (nSPS) is 22.4. The fraction of sp³-hybridized carbons (Fsp3) is 0.348. The maximum atomic E-state index is 11.2. The van der Waals surface area contributed by atoms with Crippen LogP contribution in [-0.4, -0.2) is 26.1 Å². The summed E-state index contributed by atoms with van der Waals surface area (Å²) in [5, 5.41) is 25.9. The molecule has 4 rings (SSSR count). The van der Waals surface area contributed by atoms with Crippen LogP contribution in [0.2, 0.25) is 0 Å². The van der Waals surface area contributed by atoms with Gasteiger partial charge in [0.2, 0.25) is 0 Å². The molecule has 2 aromatic carbocycles. The fourth-order valence-electron chi connectivity index (χ4n) is 3.80. The van der Waals surface area contributed by atoms with Crippen LogP contribution in [0.15, 0.2) is 54.6 Å². The molecule has 0 aliphatic heterocycles. The minimum Gasteiger partial charge on any atom is -0.393 e. The average molecular weight is 488 g/mol. The van der Waals surface area contributed by atoms with E-state index in [1.807, 2.05) is 10.7 Å². The molecule has 0 saturated heterocycles. The van der Waals surface area contributed by atoms with Crippen molar-refractivity contribution in [3.05, 3.63) is 71.4 Å². The number of aliphatic hydroxyl groups is 2. The highest BCUT2D eigenvalue weighted by Crippen LogP contribution is 2.38. The Kier molecular flexibility index (Phi) is 5.58. The Morgan fingerprint density at radius 2 is 1.71 bits per heavy atom. The van der Waals surface area contributed by atoms with Crippen molar-refractivity contribution in [3.63, 3.8) is 0 Å². The Balaban J connectivity index is 1.80. The maximum Gasteiger partial charge on any atom is 0.109 e. The van der Waals surface area contributed by atoms with Crippen LogP contribution >= 0.6 is 22.6 Å². The van der Waals surface area contributed by atoms with E-state index in [2.05, 4.69) is 78.0 Å². The van der Waals surface area contributed by atoms with Crippen molar-refractivity contribution < 1.29 is 10.2 Å². The van der Waals surface area contributed by atoms with E-state index in [0.29, 0.717) is 31.4 Å². The Labute approximate surface area is 179 Å². The van der Waals surface area contributed by atoms with Crippen LogP contribution in [-0.2, 0) is 10.0 Å². The Morgan fingerprint density at radius 3 is 2.32 bits per heavy atom. The predicted octanol–water partition coefficient (Wildman–Crippen LogP) is 4.91. The molecular weight excluding hydrogens is 463 g/mol. The predicted molar refractivity (Wildman–Crippen MR) is 120 cm³/mol. The lowest BCUT2D eigenvalue weighted by Gasteiger charge is -2.32. The van der Waals surface area contributed by atoms with Gasteiger partial charge in [0.05, 0.1) is 23.2 Å². The zero-order chi connectivity index (χ0) is 19.7. The molecule has 3 aromatic rings. The largest absolute Gasteiger partial charge is 0.393 e. The van der Waals surface area contributed by atoms with E-state index in [0.717, 1.165) is 21.4 Å². The maximum absolute atomic E-state index is 11.2. The molecule has 28 heavy (non-hydrogen) atoms. The van der Waals surface area contributed by atoms with Gasteiger partial charge in [-0.25, -0.2) is 4.68 Å². The molecule has 1 aliphatic rings. The molecule has 0 unspecified atom stereocenters. The monoisotopic (exact) mass is 488 g/mol. The summed E-state index contributed by atoms with van der Waals surface area (Å²) >= 11 is 2.36. The number of aliphatic hydroxyl groups excluding tert-OH is 1. The summed E-state index contributed by atoms with van der Waals surface area (Å²) < 4.78 is 2.90. The second-order valence-electron chi connectivity index (χ2n) is 7.76. The third kappa shape index (κ3) is 3.88. The van der Waals surface area contributed by atoms with Crippen molar-refractivity contribution in [1.82, 2.24) is 9.78 Å². The number of alkyl halides is 1. The number of hydrogen-bond acceptors (Lipinski definition) is 3. The number of hydrogen-bond donors (Lipinski definition) is 2. The van der Waals surface area contributed by atoms with E-state index in [4.69, 9.17) is 5.10 Å². The molecule has 1 aromatic heterocycles. The van der Waals surface area contributed by atoms with Crippen LogP contribution in [0.3, 0.4) is 0 Å². The van der Waals surface area contributed by atoms with Crippen molar-refractivity contribution in [2.24, 2.45) is 0 Å². The second kappa shape index (κ2) is 7.97. The first kappa shape index (κ1) is 19.6. The van der Waals surface area contributed by atoms with Gasteiger partial charge in [-0.15, -0.1) is 0 Å². The van der Waals surface area contributed by atoms with Crippen molar-refractivity contribution in [3.8, 4) is 16.9 Å². The molecule has 0 amide bonds. The molecular formula is C23H25IN2O2. The fourth-order valence-corrected chi connectivity index (χ4v) is 4.31. The van der Waals surface area contributed by atoms with Gasteiger partial charge in [0, 0.05) is 9.99 Å². The summed E-state index contributed by atoms with van der Waals surface area (Å²) in [6, 6.07) is 18.8. The van der Waals surface area contributed by atoms with E-state index in [-0.39, 0.29) is 6.10 Å². The van der Waals surface area contributed by atoms with Gasteiger partial charge in [-0.2, -0.15) is 5.10 Å². The third-order valence-corrected chi connectivity index (χ3v) is 6.53. The summed E-state index contributed by atoms with van der Waals surface area (Å²) in [5.74, 6) is 0. The Bertz CT molecular complexity index is 940. The first-order valence-electron chi connectivity index (χ1n) is 9.72. The van der Waals surface area contributed by atoms with Crippen molar-refractivity contribution in [1.29, 1.82) is 0 Å². The van der Waals surface area contributed by atoms with Gasteiger partial charge in [0.1, 0.15) is 5.60 Å². The molecule has 1 saturated carbocycles. The molecule has 0 atom stereocenters. The minimum absolute atomic E-state index is 0.320. The van der Waals surface area contributed by atoms with Gasteiger partial charge in [-0.1, -0.05) is 64.6 Å². The third-order valence-electron chi connectivity index (χ3n) is 5.65. The molecule has 0 bridgehead atoms. The number of aryl methyl sites for hydroxylation is 1. The summed E-state index contributed by atoms with van der Waals surface area (Å²) in [7, 11) is 0. The summed E-state index contributed by atoms with van der Waals surface area (Å²) in [6.45, 7) is 2.07. The van der Waals surface area contributed by atoms with Gasteiger partial charge in [0.15, 0.2) is 0 Å². The molecule has 2 N–H and O–H groups in total. The van der Waals surface area contributed by atoms with Crippen molar-refractivity contribution in [2.75, 3.05) is 0 Å². The summed E-state index contributed by atoms with van der Waals surface area (Å²) in [5.41, 5.74) is 5.21. The molecule has 0 radical (unpaired) electrons. The number of aromatic nitrogens is 2. The van der Waals surface area contributed by atoms with E-state index in [1.54, 1.807) is 0 Å². The second-order valence-corrected chi connectivity index (χ2v) is 8.52. The van der Waals surface area contributed by atoms with E-state index in [1.165, 1.54) is 11.1 Å². The topological polar surface area (TPSA) is 58.3 Å². The van der Waals surface area contributed by atoms with Gasteiger partial charge in [-0.05, 0) is 56.4 Å². The minimum atomic E-state index is -0.980. The number of nitrogens with zero attached hydrogens (tertiary/aromatic N) is 2. The number of rotatable bonds is 4. The van der Waals surface area contributed by atoms with E-state index >= 15 is 0 Å². The molecule has 146 valence electrons. The number of halogens is 1. The first-order chi connectivity index (χ1) is 13.5. The molecule has 5 heteroatoms. The van der Waals surface area contributed by atoms with Gasteiger partial charge in [0.25, 0.3) is 0 Å². The van der Waals surface area contributed by atoms with Gasteiger partial charge < -0.3 is 10.2 Å². The SMILES string of the molecule is Cc1ccc(-c2cc(C3(O)CCC(O)CC3)nn2-c2ccc(CI)cc2)cc1. The van der Waals surface area contributed by atoms with Crippen LogP contribution in [0, 0.1) is 6.92 Å². The molecule has 4 nitrogen and oxygen atoms in total. The summed E-state index contributed by atoms with van der Waals surface area (Å²) in [4.78, 5) is 0. The lowest BCUT2D eigenvalue weighted by Crippen LogP contribution is -2.33. The van der Waals surface area contributed by atoms with E-state index in [9.17, 15) is 10.2 Å². The lowest BCUT2D eigenvalue weighted by molar-refractivity contribution is -0.0393. The smallest absolute Gasteiger partial charge is 0.109 e. The zero-order valence-corrected chi connectivity index (χ0v) is 18.1. The zero-order valence-electron chi connectivity index (χ0n) is 16.0. The van der Waals surface area contributed by atoms with Gasteiger partial charge >= 0.3 is 0 Å². The lowest BCUT2D eigenvalue weighted by atomic mass is 9.81. The molecule has 0 spiro atoms. The highest BCUT2D eigenvalue weighted by atomic mass is 127. The van der Waals surface area contributed by atoms with Crippen LogP contribution in [0.25, 0.3) is 16.9 Å². The number of benzene rings is 2. The van der Waals surface area contributed by atoms with Crippen LogP contribution in [0.5, 0.6) is 0 Å². The van der Waals surface area contributed by atoms with E-state index < -0.39 is 5.60 Å². The van der Waals surface area contributed by atoms with Crippen molar-refractivity contribution in [2.45, 2.75) is 48.7 Å². The highest BCUT2D eigenvalue weighted by Gasteiger charge is 2.37. The average Bonchev–Trinajstić information content (AvgIpc) is 3.17. The van der Waals surface area contributed by atoms with Crippen molar-refractivity contribution >= 4 is 22.6 Å². The standard InChI is InChI=1S/C23H25IN2O2/c1-16-2-6-18(7-3-16)21-14-22(23(28)12-10-20(27)11-13-23)25-26(21)19-8-4-17(15-24)5-9-19/h2-9,14,20,27-28H,10-13,15H2,1H3. The highest BCUT2D eigenvalue weighted by molar-refractivity contribution is 14.1. The molecule has 1 fully saturated rings.